The van der Waals surface area contributed by atoms with Gasteiger partial charge in [0.05, 0.1) is 6.10 Å². The molecule has 2 saturated carbocycles. The largest absolute Gasteiger partial charge is 0.393 e. The van der Waals surface area contributed by atoms with Gasteiger partial charge in [-0.3, -0.25) is 4.79 Å². The predicted molar refractivity (Wildman–Crippen MR) is 83.8 cm³/mol. The fraction of sp³-hybridized carbons (Fsp3) is 0.944. The lowest BCUT2D eigenvalue weighted by Gasteiger charge is -2.37. The average Bonchev–Trinajstić information content (AvgIpc) is 2.78. The summed E-state index contributed by atoms with van der Waals surface area (Å²) in [5.41, 5.74) is 0.227. The normalized spacial score (nSPS) is 38.5. The molecular formula is C18H31NO2. The van der Waals surface area contributed by atoms with E-state index in [1.54, 1.807) is 0 Å². The first-order valence-electron chi connectivity index (χ1n) is 8.77. The van der Waals surface area contributed by atoms with Crippen LogP contribution in [0.4, 0.5) is 0 Å². The molecule has 3 aliphatic rings. The number of amides is 1. The molecule has 0 aromatic heterocycles. The first-order chi connectivity index (χ1) is 9.78. The van der Waals surface area contributed by atoms with Gasteiger partial charge in [-0.05, 0) is 36.5 Å². The fourth-order valence-electron chi connectivity index (χ4n) is 5.08. The Morgan fingerprint density at radius 2 is 1.62 bits per heavy atom. The Balaban J connectivity index is 1.74. The number of nitrogens with zero attached hydrogens (tertiary/aromatic N) is 1. The monoisotopic (exact) mass is 293 g/mol. The van der Waals surface area contributed by atoms with Crippen molar-refractivity contribution in [3.05, 3.63) is 0 Å². The molecule has 0 aromatic carbocycles. The molecule has 120 valence electrons. The molecule has 3 fully saturated rings. The lowest BCUT2D eigenvalue weighted by Crippen LogP contribution is -2.46. The van der Waals surface area contributed by atoms with E-state index in [0.29, 0.717) is 17.9 Å². The van der Waals surface area contributed by atoms with Crippen LogP contribution in [0.2, 0.25) is 0 Å². The summed E-state index contributed by atoms with van der Waals surface area (Å²) in [6.45, 7) is 9.77. The third kappa shape index (κ3) is 2.23. The van der Waals surface area contributed by atoms with Crippen molar-refractivity contribution in [1.82, 2.24) is 4.90 Å². The molecule has 1 amide bonds. The molecule has 3 atom stereocenters. The Morgan fingerprint density at radius 1 is 1.00 bits per heavy atom. The Bertz CT molecular complexity index is 415. The van der Waals surface area contributed by atoms with Crippen molar-refractivity contribution in [3.63, 3.8) is 0 Å². The van der Waals surface area contributed by atoms with Crippen molar-refractivity contribution in [2.75, 3.05) is 6.54 Å². The molecular weight excluding hydrogens is 262 g/mol. The summed E-state index contributed by atoms with van der Waals surface area (Å²) in [6.07, 6.45) is 6.35. The van der Waals surface area contributed by atoms with Crippen LogP contribution in [-0.2, 0) is 4.79 Å². The highest BCUT2D eigenvalue weighted by Crippen LogP contribution is 2.69. The number of hydrogen-bond acceptors (Lipinski definition) is 2. The molecule has 21 heavy (non-hydrogen) atoms. The second-order valence-corrected chi connectivity index (χ2v) is 8.63. The van der Waals surface area contributed by atoms with E-state index in [1.807, 2.05) is 0 Å². The molecule has 0 aromatic rings. The molecule has 0 spiro atoms. The Labute approximate surface area is 129 Å². The SMILES string of the molecule is CC1(C)C(C(=O)N2CCCC2C2CCCCC2O)C1(C)C. The van der Waals surface area contributed by atoms with Crippen LogP contribution >= 0.6 is 0 Å². The first-order valence-corrected chi connectivity index (χ1v) is 8.77. The topological polar surface area (TPSA) is 40.5 Å². The fourth-order valence-corrected chi connectivity index (χ4v) is 5.08. The molecule has 2 aliphatic carbocycles. The number of aliphatic hydroxyl groups is 1. The number of carbonyl (C=O) groups is 1. The Hall–Kier alpha value is -0.570. The van der Waals surface area contributed by atoms with E-state index in [9.17, 15) is 9.90 Å². The second-order valence-electron chi connectivity index (χ2n) is 8.63. The summed E-state index contributed by atoms with van der Waals surface area (Å²) in [7, 11) is 0. The molecule has 3 nitrogen and oxygen atoms in total. The Morgan fingerprint density at radius 3 is 2.19 bits per heavy atom. The van der Waals surface area contributed by atoms with Crippen LogP contribution in [0.25, 0.3) is 0 Å². The van der Waals surface area contributed by atoms with E-state index in [-0.39, 0.29) is 22.9 Å². The van der Waals surface area contributed by atoms with Gasteiger partial charge in [0.25, 0.3) is 0 Å². The van der Waals surface area contributed by atoms with Gasteiger partial charge in [-0.25, -0.2) is 0 Å². The van der Waals surface area contributed by atoms with Crippen LogP contribution in [0, 0.1) is 22.7 Å². The number of carbonyl (C=O) groups excluding carboxylic acids is 1. The molecule has 3 heteroatoms. The highest BCUT2D eigenvalue weighted by atomic mass is 16.3. The van der Waals surface area contributed by atoms with Crippen molar-refractivity contribution >= 4 is 5.91 Å². The quantitative estimate of drug-likeness (QED) is 0.849. The standard InChI is InChI=1S/C18H31NO2/c1-17(2)15(18(17,3)4)16(21)19-11-7-9-13(19)12-8-5-6-10-14(12)20/h12-15,20H,5-11H2,1-4H3. The van der Waals surface area contributed by atoms with Crippen LogP contribution in [0.1, 0.15) is 66.2 Å². The molecule has 3 unspecified atom stereocenters. The summed E-state index contributed by atoms with van der Waals surface area (Å²) in [5.74, 6) is 0.826. The highest BCUT2D eigenvalue weighted by Gasteiger charge is 2.69. The van der Waals surface area contributed by atoms with E-state index in [1.165, 1.54) is 6.42 Å². The summed E-state index contributed by atoms with van der Waals surface area (Å²) < 4.78 is 0. The molecule has 0 bridgehead atoms. The zero-order valence-electron chi connectivity index (χ0n) is 14.1. The number of rotatable bonds is 2. The second kappa shape index (κ2) is 4.97. The minimum Gasteiger partial charge on any atom is -0.393 e. The van der Waals surface area contributed by atoms with Crippen LogP contribution in [-0.4, -0.2) is 34.6 Å². The molecule has 3 rings (SSSR count). The van der Waals surface area contributed by atoms with Crippen LogP contribution in [0.5, 0.6) is 0 Å². The van der Waals surface area contributed by atoms with Gasteiger partial charge in [-0.15, -0.1) is 0 Å². The molecule has 1 aliphatic heterocycles. The summed E-state index contributed by atoms with van der Waals surface area (Å²) in [5, 5.41) is 10.4. The number of likely N-dealkylation sites (tertiary alicyclic amines) is 1. The molecule has 0 radical (unpaired) electrons. The van der Waals surface area contributed by atoms with Gasteiger partial charge in [0.1, 0.15) is 0 Å². The van der Waals surface area contributed by atoms with E-state index < -0.39 is 0 Å². The average molecular weight is 293 g/mol. The lowest BCUT2D eigenvalue weighted by atomic mass is 9.80. The van der Waals surface area contributed by atoms with Crippen LogP contribution in [0.3, 0.4) is 0 Å². The van der Waals surface area contributed by atoms with Gasteiger partial charge in [-0.2, -0.15) is 0 Å². The lowest BCUT2D eigenvalue weighted by molar-refractivity contribution is -0.137. The van der Waals surface area contributed by atoms with Gasteiger partial charge in [0.15, 0.2) is 0 Å². The van der Waals surface area contributed by atoms with Gasteiger partial charge in [-0.1, -0.05) is 40.5 Å². The van der Waals surface area contributed by atoms with E-state index in [2.05, 4.69) is 32.6 Å². The van der Waals surface area contributed by atoms with Gasteiger partial charge >= 0.3 is 0 Å². The summed E-state index contributed by atoms with van der Waals surface area (Å²) in [6, 6.07) is 0.292. The van der Waals surface area contributed by atoms with Crippen LogP contribution < -0.4 is 0 Å². The smallest absolute Gasteiger partial charge is 0.227 e. The van der Waals surface area contributed by atoms with Gasteiger partial charge in [0.2, 0.25) is 5.91 Å². The first kappa shape index (κ1) is 15.3. The molecule has 1 N–H and O–H groups in total. The number of aliphatic hydroxyl groups excluding tert-OH is 1. The summed E-state index contributed by atoms with van der Waals surface area (Å²) in [4.78, 5) is 15.2. The van der Waals surface area contributed by atoms with Crippen LogP contribution in [0.15, 0.2) is 0 Å². The van der Waals surface area contributed by atoms with E-state index >= 15 is 0 Å². The maximum Gasteiger partial charge on any atom is 0.227 e. The van der Waals surface area contributed by atoms with Gasteiger partial charge in [0, 0.05) is 24.4 Å². The van der Waals surface area contributed by atoms with Crippen molar-refractivity contribution in [2.45, 2.75) is 78.4 Å². The molecule has 1 heterocycles. The number of hydrogen-bond donors (Lipinski definition) is 1. The van der Waals surface area contributed by atoms with Crippen molar-refractivity contribution in [1.29, 1.82) is 0 Å². The highest BCUT2D eigenvalue weighted by molar-refractivity contribution is 5.84. The predicted octanol–water partition coefficient (Wildman–Crippen LogP) is 3.21. The zero-order valence-corrected chi connectivity index (χ0v) is 14.1. The van der Waals surface area contributed by atoms with Crippen molar-refractivity contribution < 1.29 is 9.90 Å². The van der Waals surface area contributed by atoms with Gasteiger partial charge < -0.3 is 10.0 Å². The maximum atomic E-state index is 13.0. The Kier molecular flexibility index (Phi) is 3.63. The maximum absolute atomic E-state index is 13.0. The van der Waals surface area contributed by atoms with E-state index in [4.69, 9.17) is 0 Å². The van der Waals surface area contributed by atoms with E-state index in [0.717, 1.165) is 38.6 Å². The van der Waals surface area contributed by atoms with Crippen molar-refractivity contribution in [2.24, 2.45) is 22.7 Å². The molecule has 1 saturated heterocycles. The van der Waals surface area contributed by atoms with Crippen molar-refractivity contribution in [3.8, 4) is 0 Å². The third-order valence-corrected chi connectivity index (χ3v) is 7.13. The minimum atomic E-state index is -0.197. The minimum absolute atomic E-state index is 0.113. The summed E-state index contributed by atoms with van der Waals surface area (Å²) >= 11 is 0. The third-order valence-electron chi connectivity index (χ3n) is 7.13. The zero-order chi connectivity index (χ0) is 15.4.